The molecule has 0 spiro atoms. The molecule has 21 heavy (non-hydrogen) atoms. The Kier molecular flexibility index (Phi) is 5.07. The van der Waals surface area contributed by atoms with Gasteiger partial charge in [0.1, 0.15) is 11.5 Å². The molecule has 108 valence electrons. The summed E-state index contributed by atoms with van der Waals surface area (Å²) in [6.07, 6.45) is 0.205. The van der Waals surface area contributed by atoms with E-state index in [2.05, 4.69) is 0 Å². The predicted molar refractivity (Wildman–Crippen MR) is 81.6 cm³/mol. The topological polar surface area (TPSA) is 52.6 Å². The van der Waals surface area contributed by atoms with E-state index in [0.717, 1.165) is 5.56 Å². The molecule has 0 aliphatic heterocycles. The van der Waals surface area contributed by atoms with Crippen molar-refractivity contribution in [3.8, 4) is 11.5 Å². The average Bonchev–Trinajstić information content (AvgIpc) is 2.54. The van der Waals surface area contributed by atoms with E-state index in [0.29, 0.717) is 11.5 Å². The van der Waals surface area contributed by atoms with Crippen molar-refractivity contribution in [2.75, 3.05) is 14.2 Å². The highest BCUT2D eigenvalue weighted by Crippen LogP contribution is 2.39. The lowest BCUT2D eigenvalue weighted by atomic mass is 10.2. The molecule has 0 N–H and O–H groups in total. The highest BCUT2D eigenvalue weighted by molar-refractivity contribution is 7.63. The lowest BCUT2D eigenvalue weighted by molar-refractivity contribution is 0.107. The molecule has 0 amide bonds. The Hall–Kier alpha value is -2.19. The van der Waals surface area contributed by atoms with Crippen molar-refractivity contribution in [1.29, 1.82) is 0 Å². The molecule has 0 aliphatic carbocycles. The quantitative estimate of drug-likeness (QED) is 0.760. The van der Waals surface area contributed by atoms with Crippen molar-refractivity contribution in [2.24, 2.45) is 0 Å². The second-order valence-electron chi connectivity index (χ2n) is 4.36. The Labute approximate surface area is 124 Å². The normalized spacial score (nSPS) is 10.9. The molecular formula is C16H16O4P+. The predicted octanol–water partition coefficient (Wildman–Crippen LogP) is 3.87. The van der Waals surface area contributed by atoms with Gasteiger partial charge in [-0.15, -0.1) is 0 Å². The molecule has 0 saturated heterocycles. The third-order valence-corrected chi connectivity index (χ3v) is 4.37. The fraction of sp³-hybridized carbons (Fsp3) is 0.188. The minimum atomic E-state index is -2.09. The molecule has 0 saturated carbocycles. The first-order chi connectivity index (χ1) is 10.2. The molecule has 0 bridgehead atoms. The van der Waals surface area contributed by atoms with Crippen molar-refractivity contribution < 1.29 is 18.8 Å². The van der Waals surface area contributed by atoms with Crippen LogP contribution in [0.4, 0.5) is 0 Å². The Morgan fingerprint density at radius 1 is 0.952 bits per heavy atom. The number of ether oxygens (including phenoxy) is 2. The van der Waals surface area contributed by atoms with Crippen LogP contribution in [-0.4, -0.2) is 19.7 Å². The molecule has 0 heterocycles. The first-order valence-corrected chi connectivity index (χ1v) is 7.85. The van der Waals surface area contributed by atoms with Crippen molar-refractivity contribution >= 4 is 13.3 Å². The monoisotopic (exact) mass is 303 g/mol. The van der Waals surface area contributed by atoms with Crippen LogP contribution >= 0.6 is 7.80 Å². The lowest BCUT2D eigenvalue weighted by Gasteiger charge is -2.07. The van der Waals surface area contributed by atoms with Crippen molar-refractivity contribution in [3.63, 3.8) is 0 Å². The third kappa shape index (κ3) is 3.47. The Bertz CT molecular complexity index is 630. The van der Waals surface area contributed by atoms with Crippen LogP contribution in [0.5, 0.6) is 11.5 Å². The summed E-state index contributed by atoms with van der Waals surface area (Å²) in [4.78, 5) is 12.5. The molecule has 4 nitrogen and oxygen atoms in total. The first kappa shape index (κ1) is 15.2. The maximum atomic E-state index is 12.5. The van der Waals surface area contributed by atoms with Crippen molar-refractivity contribution in [2.45, 2.75) is 6.16 Å². The number of methoxy groups -OCH3 is 2. The SMILES string of the molecule is COc1cccc(OC)c1C(=O)[P+](=O)Cc1ccccc1. The molecule has 2 aromatic rings. The van der Waals surface area contributed by atoms with Crippen LogP contribution in [0.25, 0.3) is 0 Å². The standard InChI is InChI=1S/C16H16O4P/c1-19-13-9-6-10-14(20-2)15(13)16(17)21(18)11-12-7-4-3-5-8-12/h3-10H,11H2,1-2H3/q+1. The summed E-state index contributed by atoms with van der Waals surface area (Å²) < 4.78 is 22.7. The summed E-state index contributed by atoms with van der Waals surface area (Å²) >= 11 is 0. The fourth-order valence-corrected chi connectivity index (χ4v) is 3.16. The van der Waals surface area contributed by atoms with Gasteiger partial charge < -0.3 is 9.47 Å². The average molecular weight is 303 g/mol. The number of carbonyl (C=O) groups is 1. The van der Waals surface area contributed by atoms with E-state index in [4.69, 9.17) is 9.47 Å². The van der Waals surface area contributed by atoms with Gasteiger partial charge >= 0.3 is 13.3 Å². The van der Waals surface area contributed by atoms with Gasteiger partial charge in [0.15, 0.2) is 11.7 Å². The second kappa shape index (κ2) is 7.00. The van der Waals surface area contributed by atoms with Crippen LogP contribution in [0.3, 0.4) is 0 Å². The number of benzene rings is 2. The smallest absolute Gasteiger partial charge is 0.425 e. The van der Waals surface area contributed by atoms with Gasteiger partial charge in [0, 0.05) is 5.56 Å². The van der Waals surface area contributed by atoms with E-state index >= 15 is 0 Å². The molecule has 0 radical (unpaired) electrons. The summed E-state index contributed by atoms with van der Waals surface area (Å²) in [6, 6.07) is 14.3. The lowest BCUT2D eigenvalue weighted by Crippen LogP contribution is -2.02. The Balaban J connectivity index is 2.29. The molecule has 0 aliphatic rings. The van der Waals surface area contributed by atoms with E-state index < -0.39 is 13.3 Å². The molecule has 0 aromatic heterocycles. The molecular weight excluding hydrogens is 287 g/mol. The van der Waals surface area contributed by atoms with Crippen molar-refractivity contribution in [1.82, 2.24) is 0 Å². The zero-order valence-corrected chi connectivity index (χ0v) is 12.8. The summed E-state index contributed by atoms with van der Waals surface area (Å²) in [6.45, 7) is 0. The van der Waals surface area contributed by atoms with E-state index in [9.17, 15) is 9.36 Å². The van der Waals surface area contributed by atoms with Gasteiger partial charge in [0.2, 0.25) is 0 Å². The van der Waals surface area contributed by atoms with E-state index in [1.165, 1.54) is 14.2 Å². The van der Waals surface area contributed by atoms with Crippen molar-refractivity contribution in [3.05, 3.63) is 59.7 Å². The minimum Gasteiger partial charge on any atom is -0.496 e. The van der Waals surface area contributed by atoms with Gasteiger partial charge in [-0.1, -0.05) is 41.0 Å². The molecule has 1 unspecified atom stereocenters. The van der Waals surface area contributed by atoms with Crippen LogP contribution in [0.15, 0.2) is 48.5 Å². The Morgan fingerprint density at radius 3 is 2.05 bits per heavy atom. The summed E-state index contributed by atoms with van der Waals surface area (Å²) in [5.74, 6) is 0.742. The fourth-order valence-electron chi connectivity index (χ4n) is 2.01. The highest BCUT2D eigenvalue weighted by Gasteiger charge is 2.35. The Morgan fingerprint density at radius 2 is 1.52 bits per heavy atom. The van der Waals surface area contributed by atoms with Gasteiger partial charge in [-0.05, 0) is 12.1 Å². The zero-order valence-electron chi connectivity index (χ0n) is 11.9. The van der Waals surface area contributed by atoms with Gasteiger partial charge in [-0.2, -0.15) is 0 Å². The van der Waals surface area contributed by atoms with E-state index in [1.807, 2.05) is 30.3 Å². The second-order valence-corrected chi connectivity index (χ2v) is 5.84. The first-order valence-electron chi connectivity index (χ1n) is 6.41. The summed E-state index contributed by atoms with van der Waals surface area (Å²) in [5, 5.41) is 0. The van der Waals surface area contributed by atoms with Gasteiger partial charge in [-0.25, -0.2) is 4.79 Å². The molecule has 1 atom stereocenters. The van der Waals surface area contributed by atoms with Crippen LogP contribution in [-0.2, 0) is 10.7 Å². The van der Waals surface area contributed by atoms with Gasteiger partial charge in [-0.3, -0.25) is 0 Å². The molecule has 2 rings (SSSR count). The summed E-state index contributed by atoms with van der Waals surface area (Å²) in [5.41, 5.74) is 0.642. The van der Waals surface area contributed by atoms with Gasteiger partial charge in [0.05, 0.1) is 14.2 Å². The van der Waals surface area contributed by atoms with Crippen LogP contribution in [0.1, 0.15) is 15.9 Å². The van der Waals surface area contributed by atoms with Gasteiger partial charge in [0.25, 0.3) is 0 Å². The van der Waals surface area contributed by atoms with Crippen LogP contribution in [0.2, 0.25) is 0 Å². The van der Waals surface area contributed by atoms with E-state index in [1.54, 1.807) is 18.2 Å². The number of hydrogen-bond donors (Lipinski definition) is 0. The van der Waals surface area contributed by atoms with Crippen LogP contribution in [0, 0.1) is 0 Å². The molecule has 5 heteroatoms. The number of rotatable bonds is 6. The number of hydrogen-bond acceptors (Lipinski definition) is 4. The molecule has 2 aromatic carbocycles. The van der Waals surface area contributed by atoms with Crippen LogP contribution < -0.4 is 9.47 Å². The minimum absolute atomic E-state index is 0.205. The third-order valence-electron chi connectivity index (χ3n) is 3.04. The largest absolute Gasteiger partial charge is 0.496 e. The maximum absolute atomic E-state index is 12.5. The zero-order chi connectivity index (χ0) is 15.2. The van der Waals surface area contributed by atoms with E-state index in [-0.39, 0.29) is 11.7 Å². The number of carbonyl (C=O) groups excluding carboxylic acids is 1. The molecule has 0 fully saturated rings. The summed E-state index contributed by atoms with van der Waals surface area (Å²) in [7, 11) is 0.849. The maximum Gasteiger partial charge on any atom is 0.425 e. The highest BCUT2D eigenvalue weighted by atomic mass is 31.1.